The molecule has 2 atom stereocenters. The molecule has 0 unspecified atom stereocenters. The average molecular weight is 440 g/mol. The molecule has 0 spiro atoms. The maximum Gasteiger partial charge on any atom is 0.407 e. The van der Waals surface area contributed by atoms with E-state index in [0.29, 0.717) is 6.42 Å². The van der Waals surface area contributed by atoms with Crippen LogP contribution in [0.4, 0.5) is 4.79 Å². The molecule has 0 bridgehead atoms. The molecule has 32 heavy (non-hydrogen) atoms. The second-order valence-corrected chi connectivity index (χ2v) is 7.67. The first-order valence-corrected chi connectivity index (χ1v) is 10.6. The van der Waals surface area contributed by atoms with Gasteiger partial charge in [0.05, 0.1) is 6.61 Å². The second kappa shape index (κ2) is 10.8. The minimum absolute atomic E-state index is 0.106. The zero-order chi connectivity index (χ0) is 23.1. The fraction of sp³-hybridized carbons (Fsp3) is 0.375. The lowest BCUT2D eigenvalue weighted by Crippen LogP contribution is -2.53. The van der Waals surface area contributed by atoms with Crippen molar-refractivity contribution in [1.29, 1.82) is 0 Å². The summed E-state index contributed by atoms with van der Waals surface area (Å²) in [4.78, 5) is 36.3. The van der Waals surface area contributed by atoms with Gasteiger partial charge in [0.25, 0.3) is 0 Å². The monoisotopic (exact) mass is 440 g/mol. The van der Waals surface area contributed by atoms with Crippen molar-refractivity contribution in [3.63, 3.8) is 0 Å². The molecule has 0 aliphatic heterocycles. The first-order chi connectivity index (χ1) is 15.5. The molecule has 0 aromatic heterocycles. The predicted molar refractivity (Wildman–Crippen MR) is 118 cm³/mol. The molecule has 0 saturated carbocycles. The van der Waals surface area contributed by atoms with Gasteiger partial charge in [-0.2, -0.15) is 0 Å². The van der Waals surface area contributed by atoms with E-state index in [1.165, 1.54) is 7.11 Å². The van der Waals surface area contributed by atoms with Gasteiger partial charge in [0.2, 0.25) is 5.91 Å². The molecule has 170 valence electrons. The number of benzene rings is 2. The van der Waals surface area contributed by atoms with Crippen molar-refractivity contribution in [3.8, 4) is 11.1 Å². The fourth-order valence-corrected chi connectivity index (χ4v) is 3.95. The van der Waals surface area contributed by atoms with Crippen LogP contribution in [0.15, 0.2) is 48.5 Å². The Bertz CT molecular complexity index is 931. The highest BCUT2D eigenvalue weighted by atomic mass is 16.5. The van der Waals surface area contributed by atoms with E-state index in [1.54, 1.807) is 0 Å². The van der Waals surface area contributed by atoms with Gasteiger partial charge >= 0.3 is 12.1 Å². The third-order valence-corrected chi connectivity index (χ3v) is 5.48. The van der Waals surface area contributed by atoms with Crippen molar-refractivity contribution < 1.29 is 29.0 Å². The Morgan fingerprint density at radius 3 is 2.09 bits per heavy atom. The van der Waals surface area contributed by atoms with Crippen LogP contribution < -0.4 is 10.6 Å². The summed E-state index contributed by atoms with van der Waals surface area (Å²) >= 11 is 0. The number of nitrogens with one attached hydrogen (secondary N) is 2. The average Bonchev–Trinajstić information content (AvgIpc) is 3.10. The van der Waals surface area contributed by atoms with Crippen LogP contribution in [0.3, 0.4) is 0 Å². The number of methoxy groups -OCH3 is 1. The number of hydrogen-bond donors (Lipinski definition) is 3. The summed E-state index contributed by atoms with van der Waals surface area (Å²) in [6.07, 6.45) is 0.101. The number of fused-ring (bicyclic) bond motifs is 3. The maximum absolute atomic E-state index is 12.5. The van der Waals surface area contributed by atoms with Crippen molar-refractivity contribution in [3.05, 3.63) is 59.7 Å². The summed E-state index contributed by atoms with van der Waals surface area (Å²) in [5.41, 5.74) is 4.39. The van der Waals surface area contributed by atoms with Gasteiger partial charge in [0.15, 0.2) is 0 Å². The molecular weight excluding hydrogens is 412 g/mol. The number of aliphatic carboxylic acids is 1. The summed E-state index contributed by atoms with van der Waals surface area (Å²) < 4.78 is 10.5. The van der Waals surface area contributed by atoms with E-state index in [2.05, 4.69) is 10.6 Å². The molecule has 0 fully saturated rings. The molecule has 1 aliphatic rings. The quantitative estimate of drug-likeness (QED) is 0.524. The first-order valence-electron chi connectivity index (χ1n) is 10.6. The smallest absolute Gasteiger partial charge is 0.407 e. The van der Waals surface area contributed by atoms with E-state index < -0.39 is 30.1 Å². The van der Waals surface area contributed by atoms with Crippen LogP contribution in [-0.2, 0) is 19.1 Å². The Labute approximate surface area is 186 Å². The Balaban J connectivity index is 1.64. The molecular formula is C24H28N2O6. The van der Waals surface area contributed by atoms with Gasteiger partial charge in [-0.25, -0.2) is 9.59 Å². The fourth-order valence-electron chi connectivity index (χ4n) is 3.95. The van der Waals surface area contributed by atoms with Crippen molar-refractivity contribution in [2.45, 2.75) is 37.8 Å². The summed E-state index contributed by atoms with van der Waals surface area (Å²) in [6.45, 7) is 1.81. The van der Waals surface area contributed by atoms with Gasteiger partial charge in [0.1, 0.15) is 18.7 Å². The molecule has 0 heterocycles. The minimum atomic E-state index is -1.13. The molecule has 8 heteroatoms. The van der Waals surface area contributed by atoms with Crippen molar-refractivity contribution in [2.75, 3.05) is 20.3 Å². The van der Waals surface area contributed by atoms with E-state index in [1.807, 2.05) is 55.5 Å². The van der Waals surface area contributed by atoms with E-state index in [9.17, 15) is 19.5 Å². The Morgan fingerprint density at radius 2 is 1.56 bits per heavy atom. The molecule has 2 amide bonds. The molecule has 3 rings (SSSR count). The lowest BCUT2D eigenvalue weighted by Gasteiger charge is -2.21. The van der Waals surface area contributed by atoms with Gasteiger partial charge in [-0.3, -0.25) is 4.79 Å². The maximum atomic E-state index is 12.5. The highest BCUT2D eigenvalue weighted by molar-refractivity contribution is 5.89. The topological polar surface area (TPSA) is 114 Å². The van der Waals surface area contributed by atoms with Crippen LogP contribution in [-0.4, -0.2) is 55.5 Å². The largest absolute Gasteiger partial charge is 0.480 e. The predicted octanol–water partition coefficient (Wildman–Crippen LogP) is 2.91. The number of carboxylic acid groups (broad SMARTS) is 1. The summed E-state index contributed by atoms with van der Waals surface area (Å²) in [6, 6.07) is 13.9. The van der Waals surface area contributed by atoms with Gasteiger partial charge < -0.3 is 25.2 Å². The Kier molecular flexibility index (Phi) is 7.83. The van der Waals surface area contributed by atoms with E-state index >= 15 is 0 Å². The van der Waals surface area contributed by atoms with Crippen molar-refractivity contribution >= 4 is 18.0 Å². The van der Waals surface area contributed by atoms with Crippen molar-refractivity contribution in [1.82, 2.24) is 10.6 Å². The number of amides is 2. The van der Waals surface area contributed by atoms with Gasteiger partial charge in [-0.1, -0.05) is 61.9 Å². The number of rotatable bonds is 10. The number of hydrogen-bond acceptors (Lipinski definition) is 5. The molecule has 1 aliphatic carbocycles. The van der Waals surface area contributed by atoms with E-state index in [4.69, 9.17) is 9.47 Å². The Hall–Kier alpha value is -3.39. The van der Waals surface area contributed by atoms with Crippen LogP contribution in [0.5, 0.6) is 0 Å². The third kappa shape index (κ3) is 5.26. The van der Waals surface area contributed by atoms with E-state index in [0.717, 1.165) is 22.3 Å². The van der Waals surface area contributed by atoms with Gasteiger partial charge in [-0.15, -0.1) is 0 Å². The molecule has 8 nitrogen and oxygen atoms in total. The van der Waals surface area contributed by atoms with Gasteiger partial charge in [0, 0.05) is 13.0 Å². The lowest BCUT2D eigenvalue weighted by atomic mass is 9.98. The number of carboxylic acids is 1. The number of ether oxygens (including phenoxy) is 2. The van der Waals surface area contributed by atoms with Crippen molar-refractivity contribution in [2.24, 2.45) is 0 Å². The zero-order valence-electron chi connectivity index (χ0n) is 18.2. The molecule has 0 saturated heterocycles. The third-order valence-electron chi connectivity index (χ3n) is 5.48. The summed E-state index contributed by atoms with van der Waals surface area (Å²) in [5.74, 6) is -1.87. The molecule has 2 aromatic rings. The summed E-state index contributed by atoms with van der Waals surface area (Å²) in [5, 5.41) is 14.2. The minimum Gasteiger partial charge on any atom is -0.480 e. The van der Waals surface area contributed by atoms with Gasteiger partial charge in [-0.05, 0) is 28.7 Å². The van der Waals surface area contributed by atoms with Crippen LogP contribution in [0.1, 0.15) is 36.8 Å². The molecule has 0 radical (unpaired) electrons. The Morgan fingerprint density at radius 1 is 0.969 bits per heavy atom. The highest BCUT2D eigenvalue weighted by Gasteiger charge is 2.30. The van der Waals surface area contributed by atoms with E-state index in [-0.39, 0.29) is 25.6 Å². The number of alkyl carbamates (subject to hydrolysis) is 1. The van der Waals surface area contributed by atoms with Crippen LogP contribution >= 0.6 is 0 Å². The normalized spacial score (nSPS) is 14.1. The van der Waals surface area contributed by atoms with Crippen LogP contribution in [0, 0.1) is 0 Å². The first kappa shape index (κ1) is 23.3. The zero-order valence-corrected chi connectivity index (χ0v) is 18.2. The summed E-state index contributed by atoms with van der Waals surface area (Å²) in [7, 11) is 1.39. The standard InChI is InChI=1S/C24H28N2O6/c1-3-8-20(23(28)29)25-22(27)21(14-31-2)26-24(30)32-13-19-17-11-6-4-9-15(17)16-10-5-7-12-18(16)19/h4-7,9-12,19-21H,3,8,13-14H2,1-2H3,(H,25,27)(H,26,30)(H,28,29)/t20-,21-/m0/s1. The lowest BCUT2D eigenvalue weighted by molar-refractivity contribution is -0.142. The van der Waals surface area contributed by atoms with Crippen LogP contribution in [0.25, 0.3) is 11.1 Å². The second-order valence-electron chi connectivity index (χ2n) is 7.67. The SMILES string of the molecule is CCC[C@H](NC(=O)[C@H](COC)NC(=O)OCC1c2ccccc2-c2ccccc21)C(=O)O. The highest BCUT2D eigenvalue weighted by Crippen LogP contribution is 2.44. The van der Waals surface area contributed by atoms with Crippen LogP contribution in [0.2, 0.25) is 0 Å². The number of carbonyl (C=O) groups is 3. The molecule has 3 N–H and O–H groups in total. The number of carbonyl (C=O) groups excluding carboxylic acids is 2. The molecule has 2 aromatic carbocycles.